The normalized spacial score (nSPS) is 11.2. The lowest BCUT2D eigenvalue weighted by Gasteiger charge is -2.30. The molecule has 0 aromatic heterocycles. The van der Waals surface area contributed by atoms with Gasteiger partial charge >= 0.3 is 0 Å². The lowest BCUT2D eigenvalue weighted by Crippen LogP contribution is -3.00. The molecule has 0 aromatic carbocycles. The van der Waals surface area contributed by atoms with Crippen LogP contribution >= 0.6 is 12.4 Å². The third-order valence-corrected chi connectivity index (χ3v) is 11.9. The molecule has 0 atom stereocenters. The van der Waals surface area contributed by atoms with E-state index in [9.17, 15) is 0 Å². The quantitative estimate of drug-likeness (QED) is 0.0436. The van der Waals surface area contributed by atoms with Crippen molar-refractivity contribution in [2.75, 3.05) is 75.0 Å². The Bertz CT molecular complexity index is 659. The maximum Gasteiger partial charge on any atom is 0.0782 e. The molecule has 0 amide bonds. The van der Waals surface area contributed by atoms with Gasteiger partial charge in [-0.2, -0.15) is 0 Å². The van der Waals surface area contributed by atoms with Crippen LogP contribution in [0.5, 0.6) is 0 Å². The van der Waals surface area contributed by atoms with E-state index in [0.29, 0.717) is 0 Å². The SMILES string of the molecule is CCCCCCCCCCCCN(C)C.CCCCCCCCCC[N+](C)(C)CCCCCCCC.CCCCCCCC[N+](C)(C)CCCCCCCC.Cl.[Br-].[Cl-]. The van der Waals surface area contributed by atoms with E-state index in [1.54, 1.807) is 0 Å². The smallest absolute Gasteiger partial charge is 0.0782 e. The fourth-order valence-corrected chi connectivity index (χ4v) is 7.77. The first-order valence-electron chi connectivity index (χ1n) is 25.8. The summed E-state index contributed by atoms with van der Waals surface area (Å²) in [5, 5.41) is 0. The lowest BCUT2D eigenvalue weighted by atomic mass is 10.1. The third-order valence-electron chi connectivity index (χ3n) is 11.9. The van der Waals surface area contributed by atoms with Crippen molar-refractivity contribution in [3.63, 3.8) is 0 Å². The molecule has 0 rings (SSSR count). The maximum absolute atomic E-state index is 2.42. The minimum atomic E-state index is 0. The summed E-state index contributed by atoms with van der Waals surface area (Å²) in [6.07, 6.45) is 51.5. The standard InChI is InChI=1S/C20H44N.C18H40N.C14H31N.BrH.2ClH/c1-5-7-9-11-13-14-16-18-20-21(3,4)19-17-15-12-10-8-6-2;1-5-7-9-11-13-15-17-19(3,4)18-16-14-12-10-8-6-2;1-4-5-6-7-8-9-10-11-12-13-14-15(2)3;;;/h5-20H2,1-4H3;5-18H2,1-4H3;4-14H2,1-3H3;3*1H/q2*+1;;;;/p-2. The summed E-state index contributed by atoms with van der Waals surface area (Å²) in [4.78, 5) is 2.28. The van der Waals surface area contributed by atoms with E-state index in [2.05, 4.69) is 81.8 Å². The van der Waals surface area contributed by atoms with Gasteiger partial charge in [0.15, 0.2) is 0 Å². The molecule has 0 fully saturated rings. The van der Waals surface area contributed by atoms with Gasteiger partial charge < -0.3 is 43.3 Å². The summed E-state index contributed by atoms with van der Waals surface area (Å²) in [6.45, 7) is 18.2. The summed E-state index contributed by atoms with van der Waals surface area (Å²) < 4.78 is 2.48. The van der Waals surface area contributed by atoms with E-state index >= 15 is 0 Å². The molecule has 0 aliphatic rings. The Kier molecular flexibility index (Phi) is 70.5. The Morgan fingerprint density at radius 1 is 0.276 bits per heavy atom. The van der Waals surface area contributed by atoms with Crippen molar-refractivity contribution >= 4 is 12.4 Å². The molecule has 0 aliphatic carbocycles. The first-order valence-corrected chi connectivity index (χ1v) is 25.8. The molecule has 0 unspecified atom stereocenters. The van der Waals surface area contributed by atoms with Crippen molar-refractivity contribution in [3.8, 4) is 0 Å². The van der Waals surface area contributed by atoms with Crippen LogP contribution in [0.15, 0.2) is 0 Å². The highest BCUT2D eigenvalue weighted by Gasteiger charge is 2.14. The zero-order chi connectivity index (χ0) is 41.6. The molecule has 0 bridgehead atoms. The molecule has 0 saturated carbocycles. The first-order chi connectivity index (χ1) is 26.5. The minimum Gasteiger partial charge on any atom is -1.00 e. The van der Waals surface area contributed by atoms with E-state index in [0.717, 1.165) is 0 Å². The fraction of sp³-hybridized carbons (Fsp3) is 1.00. The van der Waals surface area contributed by atoms with Crippen molar-refractivity contribution < 1.29 is 38.4 Å². The van der Waals surface area contributed by atoms with Gasteiger partial charge in [-0.15, -0.1) is 12.4 Å². The van der Waals surface area contributed by atoms with Crippen LogP contribution in [0.4, 0.5) is 0 Å². The van der Waals surface area contributed by atoms with Crippen LogP contribution in [0, 0.1) is 0 Å². The Balaban J connectivity index is -0.000000173. The molecule has 58 heavy (non-hydrogen) atoms. The van der Waals surface area contributed by atoms with E-state index in [-0.39, 0.29) is 41.8 Å². The summed E-state index contributed by atoms with van der Waals surface area (Å²) in [7, 11) is 14.0. The minimum absolute atomic E-state index is 0. The maximum atomic E-state index is 2.42. The van der Waals surface area contributed by atoms with Gasteiger partial charge in [-0.1, -0.05) is 208 Å². The van der Waals surface area contributed by atoms with Gasteiger partial charge in [0.05, 0.1) is 54.4 Å². The van der Waals surface area contributed by atoms with Crippen LogP contribution in [0.1, 0.15) is 266 Å². The van der Waals surface area contributed by atoms with Crippen LogP contribution in [0.2, 0.25) is 0 Å². The van der Waals surface area contributed by atoms with E-state index in [1.807, 2.05) is 0 Å². The molecular weight excluding hydrogens is 817 g/mol. The van der Waals surface area contributed by atoms with E-state index < -0.39 is 0 Å². The zero-order valence-corrected chi connectivity index (χ0v) is 45.7. The predicted molar refractivity (Wildman–Crippen MR) is 264 cm³/mol. The van der Waals surface area contributed by atoms with Gasteiger partial charge in [0.1, 0.15) is 0 Å². The van der Waals surface area contributed by atoms with Crippen LogP contribution in [0.25, 0.3) is 0 Å². The van der Waals surface area contributed by atoms with Crippen LogP contribution < -0.4 is 29.4 Å². The Morgan fingerprint density at radius 2 is 0.431 bits per heavy atom. The second kappa shape index (κ2) is 57.9. The fourth-order valence-electron chi connectivity index (χ4n) is 7.77. The number of rotatable bonds is 41. The highest BCUT2D eigenvalue weighted by molar-refractivity contribution is 5.85. The van der Waals surface area contributed by atoms with Crippen molar-refractivity contribution in [3.05, 3.63) is 0 Å². The van der Waals surface area contributed by atoms with Crippen LogP contribution in [-0.2, 0) is 0 Å². The predicted octanol–water partition coefficient (Wildman–Crippen LogP) is 11.2. The Labute approximate surface area is 394 Å². The summed E-state index contributed by atoms with van der Waals surface area (Å²) in [5.41, 5.74) is 0. The van der Waals surface area contributed by atoms with Gasteiger partial charge in [0.2, 0.25) is 0 Å². The van der Waals surface area contributed by atoms with Crippen LogP contribution in [0.3, 0.4) is 0 Å². The number of nitrogens with zero attached hydrogens (tertiary/aromatic N) is 3. The highest BCUT2D eigenvalue weighted by Crippen LogP contribution is 2.14. The zero-order valence-electron chi connectivity index (χ0n) is 42.5. The molecule has 360 valence electrons. The van der Waals surface area contributed by atoms with Gasteiger partial charge in [-0.25, -0.2) is 0 Å². The Hall–Kier alpha value is 0.940. The van der Waals surface area contributed by atoms with Crippen molar-refractivity contribution in [1.82, 2.24) is 4.90 Å². The van der Waals surface area contributed by atoms with Crippen LogP contribution in [-0.4, -0.2) is 88.9 Å². The lowest BCUT2D eigenvalue weighted by molar-refractivity contribution is -0.890. The summed E-state index contributed by atoms with van der Waals surface area (Å²) >= 11 is 0. The average Bonchev–Trinajstić information content (AvgIpc) is 3.15. The molecule has 0 saturated heterocycles. The molecule has 0 radical (unpaired) electrons. The third kappa shape index (κ3) is 68.7. The van der Waals surface area contributed by atoms with E-state index in [1.165, 1.54) is 273 Å². The molecule has 0 aromatic rings. The molecule has 0 heterocycles. The number of halogens is 3. The average molecular weight is 934 g/mol. The highest BCUT2D eigenvalue weighted by atomic mass is 79.9. The first kappa shape index (κ1) is 70.6. The summed E-state index contributed by atoms with van der Waals surface area (Å²) in [5.74, 6) is 0. The topological polar surface area (TPSA) is 3.24 Å². The van der Waals surface area contributed by atoms with Gasteiger partial charge in [0.25, 0.3) is 0 Å². The van der Waals surface area contributed by atoms with Gasteiger partial charge in [0, 0.05) is 0 Å². The monoisotopic (exact) mass is 932 g/mol. The van der Waals surface area contributed by atoms with Crippen molar-refractivity contribution in [2.24, 2.45) is 0 Å². The van der Waals surface area contributed by atoms with Gasteiger partial charge in [-0.05, 0) is 78.4 Å². The Morgan fingerprint density at radius 3 is 0.603 bits per heavy atom. The van der Waals surface area contributed by atoms with Crippen molar-refractivity contribution in [2.45, 2.75) is 266 Å². The summed E-state index contributed by atoms with van der Waals surface area (Å²) in [6, 6.07) is 0. The molecule has 6 heteroatoms. The van der Waals surface area contributed by atoms with Gasteiger partial charge in [-0.3, -0.25) is 0 Å². The second-order valence-electron chi connectivity index (χ2n) is 19.5. The second-order valence-corrected chi connectivity index (χ2v) is 19.5. The number of unbranched alkanes of at least 4 members (excludes halogenated alkanes) is 31. The number of quaternary nitrogens is 2. The van der Waals surface area contributed by atoms with Crippen molar-refractivity contribution in [1.29, 1.82) is 0 Å². The number of hydrogen-bond acceptors (Lipinski definition) is 1. The molecule has 0 spiro atoms. The molecule has 0 N–H and O–H groups in total. The molecular formula is C52H116BrCl2N3. The van der Waals surface area contributed by atoms with E-state index in [4.69, 9.17) is 0 Å². The number of hydrogen-bond donors (Lipinski definition) is 0. The molecule has 3 nitrogen and oxygen atoms in total. The largest absolute Gasteiger partial charge is 1.00 e. The molecule has 0 aliphatic heterocycles.